The molecule has 0 aromatic heterocycles. The summed E-state index contributed by atoms with van der Waals surface area (Å²) in [6, 6.07) is -0.891. The lowest BCUT2D eigenvalue weighted by atomic mass is 9.87. The average molecular weight is 433 g/mol. The lowest BCUT2D eigenvalue weighted by molar-refractivity contribution is -0.760. The number of amides is 1. The Morgan fingerprint density at radius 1 is 1.00 bits per heavy atom. The number of ether oxygens (including phenoxy) is 2. The van der Waals surface area contributed by atoms with Crippen LogP contribution in [0.5, 0.6) is 0 Å². The third kappa shape index (κ3) is 14.6. The van der Waals surface area contributed by atoms with Crippen molar-refractivity contribution >= 4 is 17.8 Å². The van der Waals surface area contributed by atoms with Crippen LogP contribution in [0.4, 0.5) is 4.79 Å². The second kappa shape index (κ2) is 11.1. The molecular weight excluding hydrogens is 396 g/mol. The summed E-state index contributed by atoms with van der Waals surface area (Å²) in [5.41, 5.74) is -1.76. The molecule has 0 aromatic carbocycles. The van der Waals surface area contributed by atoms with E-state index in [0.29, 0.717) is 0 Å². The number of ketones is 1. The van der Waals surface area contributed by atoms with Gasteiger partial charge in [0.2, 0.25) is 0 Å². The molecule has 1 atom stereocenters. The number of carbonyl (C=O) groups is 3. The molecule has 0 saturated heterocycles. The molecule has 1 N–H and O–H groups in total. The molecule has 0 aliphatic carbocycles. The summed E-state index contributed by atoms with van der Waals surface area (Å²) in [6.45, 7) is 13.8. The molecule has 0 unspecified atom stereocenters. The summed E-state index contributed by atoms with van der Waals surface area (Å²) in [6.07, 6.45) is -0.573. The first-order valence-corrected chi connectivity index (χ1v) is 9.85. The number of nitrogens with one attached hydrogen (secondary N) is 1. The second-order valence-corrected chi connectivity index (χ2v) is 10.3. The highest BCUT2D eigenvalue weighted by Gasteiger charge is 2.28. The normalized spacial score (nSPS) is 13.2. The molecule has 0 aliphatic heterocycles. The first kappa shape index (κ1) is 27.6. The Kier molecular flexibility index (Phi) is 10.2. The van der Waals surface area contributed by atoms with E-state index < -0.39 is 34.2 Å². The van der Waals surface area contributed by atoms with Crippen molar-refractivity contribution in [2.45, 2.75) is 86.3 Å². The molecule has 0 spiro atoms. The first-order valence-electron chi connectivity index (χ1n) is 9.85. The Labute approximate surface area is 178 Å². The minimum absolute atomic E-state index is 0.0544. The van der Waals surface area contributed by atoms with Crippen molar-refractivity contribution < 1.29 is 33.8 Å². The van der Waals surface area contributed by atoms with Crippen molar-refractivity contribution in [2.24, 2.45) is 10.8 Å². The van der Waals surface area contributed by atoms with Crippen LogP contribution < -0.4 is 5.32 Å². The summed E-state index contributed by atoms with van der Waals surface area (Å²) >= 11 is 0. The minimum atomic E-state index is -0.905. The summed E-state index contributed by atoms with van der Waals surface area (Å²) in [4.78, 5) is 51.5. The Bertz CT molecular complexity index is 617. The van der Waals surface area contributed by atoms with Crippen LogP contribution in [0.3, 0.4) is 0 Å². The summed E-state index contributed by atoms with van der Waals surface area (Å²) in [7, 11) is 0. The van der Waals surface area contributed by atoms with Gasteiger partial charge in [-0.3, -0.25) is 9.59 Å². The van der Waals surface area contributed by atoms with E-state index in [1.54, 1.807) is 34.6 Å². The molecule has 0 fully saturated rings. The predicted molar refractivity (Wildman–Crippen MR) is 109 cm³/mol. The lowest BCUT2D eigenvalue weighted by Crippen LogP contribution is -2.44. The van der Waals surface area contributed by atoms with Crippen LogP contribution in [0.1, 0.15) is 74.7 Å². The van der Waals surface area contributed by atoms with Crippen molar-refractivity contribution in [1.82, 2.24) is 5.32 Å². The molecule has 0 rings (SSSR count). The van der Waals surface area contributed by atoms with Gasteiger partial charge in [0, 0.05) is 18.3 Å². The molecule has 10 heteroatoms. The number of rotatable bonds is 11. The van der Waals surface area contributed by atoms with Gasteiger partial charge < -0.3 is 19.6 Å². The van der Waals surface area contributed by atoms with E-state index in [1.165, 1.54) is 0 Å². The number of Topliss-reactive ketones (excluding diaryl/α,β-unsaturated/α-hetero) is 1. The van der Waals surface area contributed by atoms with Crippen LogP contribution in [0.15, 0.2) is 0 Å². The number of hydrogen-bond donors (Lipinski definition) is 1. The number of alkyl carbamates (subject to hydrolysis) is 1. The minimum Gasteiger partial charge on any atom is -0.465 e. The third-order valence-electron chi connectivity index (χ3n) is 3.61. The zero-order chi connectivity index (χ0) is 23.8. The molecule has 30 heavy (non-hydrogen) atoms. The zero-order valence-electron chi connectivity index (χ0n) is 19.3. The first-order chi connectivity index (χ1) is 13.4. The van der Waals surface area contributed by atoms with Gasteiger partial charge in [-0.2, -0.15) is 0 Å². The lowest BCUT2D eigenvalue weighted by Gasteiger charge is -2.25. The van der Waals surface area contributed by atoms with E-state index in [0.717, 1.165) is 0 Å². The summed E-state index contributed by atoms with van der Waals surface area (Å²) in [5, 5.41) is 11.9. The van der Waals surface area contributed by atoms with Crippen molar-refractivity contribution in [3.63, 3.8) is 0 Å². The molecule has 0 radical (unpaired) electrons. The SMILES string of the molecule is CC(C)(C)CC(=O)[C@H](CCC(=O)OCC(C)(C)CO[N+](=O)[O-])NC(=O)OC(C)(C)C. The van der Waals surface area contributed by atoms with E-state index in [-0.39, 0.29) is 43.7 Å². The molecule has 1 amide bonds. The Morgan fingerprint density at radius 2 is 1.57 bits per heavy atom. The third-order valence-corrected chi connectivity index (χ3v) is 3.61. The number of nitrogens with zero attached hydrogens (tertiary/aromatic N) is 1. The summed E-state index contributed by atoms with van der Waals surface area (Å²) < 4.78 is 10.4. The van der Waals surface area contributed by atoms with Gasteiger partial charge in [-0.15, -0.1) is 10.1 Å². The van der Waals surface area contributed by atoms with Crippen LogP contribution >= 0.6 is 0 Å². The zero-order valence-corrected chi connectivity index (χ0v) is 19.3. The van der Waals surface area contributed by atoms with Gasteiger partial charge in [-0.25, -0.2) is 4.79 Å². The fourth-order valence-electron chi connectivity index (χ4n) is 2.29. The highest BCUT2D eigenvalue weighted by molar-refractivity contribution is 5.88. The summed E-state index contributed by atoms with van der Waals surface area (Å²) in [5.74, 6) is -0.787. The van der Waals surface area contributed by atoms with Gasteiger partial charge in [0.1, 0.15) is 12.2 Å². The van der Waals surface area contributed by atoms with E-state index in [1.807, 2.05) is 20.8 Å². The van der Waals surface area contributed by atoms with Crippen molar-refractivity contribution in [2.75, 3.05) is 13.2 Å². The van der Waals surface area contributed by atoms with Gasteiger partial charge in [-0.05, 0) is 32.6 Å². The van der Waals surface area contributed by atoms with Crippen molar-refractivity contribution in [3.8, 4) is 0 Å². The van der Waals surface area contributed by atoms with Crippen LogP contribution in [0, 0.1) is 20.9 Å². The molecular formula is C20H36N2O8. The van der Waals surface area contributed by atoms with E-state index in [4.69, 9.17) is 9.47 Å². The molecule has 0 saturated carbocycles. The molecule has 0 aliphatic rings. The fraction of sp³-hybridized carbons (Fsp3) is 0.850. The van der Waals surface area contributed by atoms with Gasteiger partial charge in [0.25, 0.3) is 5.09 Å². The quantitative estimate of drug-likeness (QED) is 0.298. The monoisotopic (exact) mass is 432 g/mol. The Morgan fingerprint density at radius 3 is 2.03 bits per heavy atom. The van der Waals surface area contributed by atoms with E-state index in [9.17, 15) is 24.5 Å². The van der Waals surface area contributed by atoms with E-state index >= 15 is 0 Å². The average Bonchev–Trinajstić information content (AvgIpc) is 2.51. The highest BCUT2D eigenvalue weighted by atomic mass is 16.9. The molecule has 10 nitrogen and oxygen atoms in total. The predicted octanol–water partition coefficient (Wildman–Crippen LogP) is 3.44. The van der Waals surface area contributed by atoms with Crippen LogP contribution in [-0.2, 0) is 23.9 Å². The van der Waals surface area contributed by atoms with Crippen molar-refractivity contribution in [3.05, 3.63) is 10.1 Å². The van der Waals surface area contributed by atoms with Crippen LogP contribution in [0.2, 0.25) is 0 Å². The maximum atomic E-state index is 12.6. The topological polar surface area (TPSA) is 134 Å². The smallest absolute Gasteiger partial charge is 0.408 e. The number of esters is 1. The molecule has 174 valence electrons. The van der Waals surface area contributed by atoms with Gasteiger partial charge >= 0.3 is 12.1 Å². The molecule has 0 bridgehead atoms. The number of carbonyl (C=O) groups excluding carboxylic acids is 3. The number of hydrogen-bond acceptors (Lipinski definition) is 8. The molecule has 0 heterocycles. The van der Waals surface area contributed by atoms with Gasteiger partial charge in [0.15, 0.2) is 5.78 Å². The maximum absolute atomic E-state index is 12.6. The molecule has 0 aromatic rings. The second-order valence-electron chi connectivity index (χ2n) is 10.3. The van der Waals surface area contributed by atoms with Gasteiger partial charge in [-0.1, -0.05) is 34.6 Å². The fourth-order valence-corrected chi connectivity index (χ4v) is 2.29. The maximum Gasteiger partial charge on any atom is 0.408 e. The highest BCUT2D eigenvalue weighted by Crippen LogP contribution is 2.21. The van der Waals surface area contributed by atoms with Crippen LogP contribution in [0.25, 0.3) is 0 Å². The largest absolute Gasteiger partial charge is 0.465 e. The van der Waals surface area contributed by atoms with Crippen molar-refractivity contribution in [1.29, 1.82) is 0 Å². The van der Waals surface area contributed by atoms with E-state index in [2.05, 4.69) is 10.2 Å². The van der Waals surface area contributed by atoms with Crippen LogP contribution in [-0.4, -0.2) is 47.8 Å². The van der Waals surface area contributed by atoms with Gasteiger partial charge in [0.05, 0.1) is 12.6 Å². The Hall–Kier alpha value is -2.39. The Balaban J connectivity index is 4.86. The standard InChI is InChI=1S/C20H36N2O8/c1-18(2,3)11-15(23)14(21-17(25)30-19(4,5)6)9-10-16(24)28-12-20(7,8)13-29-22(26)27/h14H,9-13H2,1-8H3,(H,21,25)/t14-/m0/s1.